The molecule has 4 rings (SSSR count). The van der Waals surface area contributed by atoms with Gasteiger partial charge in [0.2, 0.25) is 0 Å². The molecule has 3 nitrogen and oxygen atoms in total. The molecule has 2 fully saturated rings. The van der Waals surface area contributed by atoms with E-state index >= 15 is 0 Å². The molecule has 0 aromatic heterocycles. The third-order valence-electron chi connectivity index (χ3n) is 5.04. The smallest absolute Gasteiger partial charge is 0.122 e. The fraction of sp³-hybridized carbons (Fsp3) is 0.647. The topological polar surface area (TPSA) is 38.7 Å². The Bertz CT molecular complexity index is 499. The number of hydrogen-bond acceptors (Lipinski definition) is 3. The Labute approximate surface area is 119 Å². The molecule has 2 atom stereocenters. The van der Waals surface area contributed by atoms with E-state index in [0.29, 0.717) is 12.2 Å². The van der Waals surface area contributed by atoms with Crippen LogP contribution in [-0.2, 0) is 17.6 Å². The van der Waals surface area contributed by atoms with E-state index in [4.69, 9.17) is 9.47 Å². The molecular formula is C17H22O3. The van der Waals surface area contributed by atoms with Gasteiger partial charge in [-0.3, -0.25) is 0 Å². The summed E-state index contributed by atoms with van der Waals surface area (Å²) in [4.78, 5) is 0. The van der Waals surface area contributed by atoms with Gasteiger partial charge in [0.15, 0.2) is 0 Å². The molecule has 3 heterocycles. The van der Waals surface area contributed by atoms with E-state index < -0.39 is 5.60 Å². The van der Waals surface area contributed by atoms with Gasteiger partial charge in [0.1, 0.15) is 5.75 Å². The van der Waals surface area contributed by atoms with Crippen LogP contribution in [0.4, 0.5) is 0 Å². The number of fused-ring (bicyclic) bond motifs is 3. The Balaban J connectivity index is 1.42. The van der Waals surface area contributed by atoms with Gasteiger partial charge in [0.05, 0.1) is 24.4 Å². The predicted octanol–water partition coefficient (Wildman–Crippen LogP) is 2.63. The van der Waals surface area contributed by atoms with Gasteiger partial charge in [-0.2, -0.15) is 0 Å². The second-order valence-electron chi connectivity index (χ2n) is 6.63. The molecule has 0 spiro atoms. The Morgan fingerprint density at radius 1 is 1.20 bits per heavy atom. The Morgan fingerprint density at radius 3 is 2.80 bits per heavy atom. The van der Waals surface area contributed by atoms with Crippen molar-refractivity contribution >= 4 is 0 Å². The molecule has 2 unspecified atom stereocenters. The van der Waals surface area contributed by atoms with Crippen molar-refractivity contribution in [2.75, 3.05) is 6.61 Å². The summed E-state index contributed by atoms with van der Waals surface area (Å²) < 4.78 is 11.4. The van der Waals surface area contributed by atoms with Crippen molar-refractivity contribution in [3.8, 4) is 5.75 Å². The van der Waals surface area contributed by atoms with Gasteiger partial charge in [-0.15, -0.1) is 0 Å². The lowest BCUT2D eigenvalue weighted by Gasteiger charge is -2.36. The summed E-state index contributed by atoms with van der Waals surface area (Å²) in [6.07, 6.45) is 7.30. The minimum absolute atomic E-state index is 0.298. The molecular weight excluding hydrogens is 252 g/mol. The monoisotopic (exact) mass is 274 g/mol. The maximum Gasteiger partial charge on any atom is 0.122 e. The summed E-state index contributed by atoms with van der Waals surface area (Å²) in [6.45, 7) is 0.809. The van der Waals surface area contributed by atoms with Gasteiger partial charge in [-0.05, 0) is 42.9 Å². The van der Waals surface area contributed by atoms with Gasteiger partial charge in [-0.1, -0.05) is 12.1 Å². The molecule has 3 aliphatic rings. The molecule has 0 amide bonds. The number of aryl methyl sites for hydroxylation is 1. The van der Waals surface area contributed by atoms with E-state index in [1.54, 1.807) is 0 Å². The summed E-state index contributed by atoms with van der Waals surface area (Å²) in [5, 5.41) is 10.8. The van der Waals surface area contributed by atoms with Gasteiger partial charge in [0, 0.05) is 19.3 Å². The summed E-state index contributed by atoms with van der Waals surface area (Å²) in [5.74, 6) is 1.04. The number of ether oxygens (including phenoxy) is 2. The van der Waals surface area contributed by atoms with Crippen LogP contribution in [0.2, 0.25) is 0 Å². The first-order valence-corrected chi connectivity index (χ1v) is 7.83. The first-order valence-electron chi connectivity index (χ1n) is 7.83. The first kappa shape index (κ1) is 12.7. The van der Waals surface area contributed by atoms with E-state index in [1.807, 2.05) is 0 Å². The molecule has 0 radical (unpaired) electrons. The molecule has 20 heavy (non-hydrogen) atoms. The van der Waals surface area contributed by atoms with Crippen molar-refractivity contribution in [3.63, 3.8) is 0 Å². The zero-order valence-corrected chi connectivity index (χ0v) is 11.8. The third-order valence-corrected chi connectivity index (χ3v) is 5.04. The Hall–Kier alpha value is -1.06. The number of aliphatic hydroxyl groups is 1. The van der Waals surface area contributed by atoms with Crippen molar-refractivity contribution in [1.29, 1.82) is 0 Å². The van der Waals surface area contributed by atoms with Crippen LogP contribution in [-0.4, -0.2) is 29.5 Å². The largest absolute Gasteiger partial charge is 0.493 e. The zero-order valence-electron chi connectivity index (χ0n) is 11.8. The summed E-state index contributed by atoms with van der Waals surface area (Å²) >= 11 is 0. The molecule has 1 aromatic carbocycles. The summed E-state index contributed by atoms with van der Waals surface area (Å²) in [7, 11) is 0. The molecule has 2 saturated heterocycles. The fourth-order valence-corrected chi connectivity index (χ4v) is 3.99. The molecule has 2 bridgehead atoms. The highest BCUT2D eigenvalue weighted by Crippen LogP contribution is 2.40. The van der Waals surface area contributed by atoms with E-state index in [9.17, 15) is 5.11 Å². The van der Waals surface area contributed by atoms with Crippen LogP contribution in [0.1, 0.15) is 43.2 Å². The van der Waals surface area contributed by atoms with Crippen molar-refractivity contribution in [1.82, 2.24) is 0 Å². The average Bonchev–Trinajstić information content (AvgIpc) is 3.02. The molecule has 0 aliphatic carbocycles. The van der Waals surface area contributed by atoms with Crippen LogP contribution in [0.15, 0.2) is 18.2 Å². The first-order chi connectivity index (χ1) is 9.70. The highest BCUT2D eigenvalue weighted by atomic mass is 16.5. The molecule has 3 heteroatoms. The van der Waals surface area contributed by atoms with E-state index in [0.717, 1.165) is 57.3 Å². The second-order valence-corrected chi connectivity index (χ2v) is 6.63. The van der Waals surface area contributed by atoms with Crippen LogP contribution in [0, 0.1) is 0 Å². The predicted molar refractivity (Wildman–Crippen MR) is 76.0 cm³/mol. The number of rotatable bonds is 3. The van der Waals surface area contributed by atoms with E-state index in [1.165, 1.54) is 11.1 Å². The molecule has 3 aliphatic heterocycles. The van der Waals surface area contributed by atoms with Crippen LogP contribution in [0.3, 0.4) is 0 Å². The maximum atomic E-state index is 10.8. The van der Waals surface area contributed by atoms with Gasteiger partial charge in [0.25, 0.3) is 0 Å². The zero-order chi connectivity index (χ0) is 13.6. The highest BCUT2D eigenvalue weighted by Gasteiger charge is 2.43. The van der Waals surface area contributed by atoms with E-state index in [-0.39, 0.29) is 0 Å². The van der Waals surface area contributed by atoms with Gasteiger partial charge in [-0.25, -0.2) is 0 Å². The highest BCUT2D eigenvalue weighted by molar-refractivity contribution is 5.39. The van der Waals surface area contributed by atoms with Crippen molar-refractivity contribution in [2.24, 2.45) is 0 Å². The van der Waals surface area contributed by atoms with E-state index in [2.05, 4.69) is 18.2 Å². The summed E-state index contributed by atoms with van der Waals surface area (Å²) in [6, 6.07) is 6.47. The van der Waals surface area contributed by atoms with Crippen LogP contribution < -0.4 is 4.74 Å². The van der Waals surface area contributed by atoms with Crippen molar-refractivity contribution in [3.05, 3.63) is 29.3 Å². The minimum atomic E-state index is -0.514. The number of benzene rings is 1. The minimum Gasteiger partial charge on any atom is -0.493 e. The Kier molecular flexibility index (Phi) is 3.00. The molecule has 0 saturated carbocycles. The molecule has 1 aromatic rings. The maximum absolute atomic E-state index is 10.8. The van der Waals surface area contributed by atoms with Crippen LogP contribution in [0.25, 0.3) is 0 Å². The van der Waals surface area contributed by atoms with Gasteiger partial charge >= 0.3 is 0 Å². The Morgan fingerprint density at radius 2 is 2.00 bits per heavy atom. The quantitative estimate of drug-likeness (QED) is 0.921. The normalized spacial score (nSPS) is 34.9. The fourth-order valence-electron chi connectivity index (χ4n) is 3.99. The van der Waals surface area contributed by atoms with Crippen LogP contribution >= 0.6 is 0 Å². The summed E-state index contributed by atoms with van der Waals surface area (Å²) in [5.41, 5.74) is 2.13. The van der Waals surface area contributed by atoms with Crippen molar-refractivity contribution < 1.29 is 14.6 Å². The average molecular weight is 274 g/mol. The van der Waals surface area contributed by atoms with Gasteiger partial charge < -0.3 is 14.6 Å². The second kappa shape index (κ2) is 4.74. The molecule has 1 N–H and O–H groups in total. The van der Waals surface area contributed by atoms with Crippen molar-refractivity contribution in [2.45, 2.75) is 62.8 Å². The standard InChI is InChI=1S/C17H22O3/c18-17(10-14-2-3-15(11-17)20-14)7-5-12-1-4-16-13(9-12)6-8-19-16/h1,4,9,14-15,18H,2-3,5-8,10-11H2. The third kappa shape index (κ3) is 2.33. The lowest BCUT2D eigenvalue weighted by atomic mass is 9.84. The van der Waals surface area contributed by atoms with Crippen LogP contribution in [0.5, 0.6) is 5.75 Å². The SMILES string of the molecule is OC1(CCc2ccc3c(c2)CCO3)CC2CCC(C1)O2. The molecule has 108 valence electrons. The lowest BCUT2D eigenvalue weighted by molar-refractivity contribution is -0.114. The lowest BCUT2D eigenvalue weighted by Crippen LogP contribution is -2.41. The number of hydrogen-bond donors (Lipinski definition) is 1.